The van der Waals surface area contributed by atoms with Crippen LogP contribution in [0.15, 0.2) is 45.1 Å². The quantitative estimate of drug-likeness (QED) is 0.554. The average Bonchev–Trinajstić information content (AvgIpc) is 2.24. The molecule has 0 aromatic heterocycles. The highest BCUT2D eigenvalue weighted by atomic mass is 14.6. The van der Waals surface area contributed by atoms with E-state index < -0.39 is 0 Å². The van der Waals surface area contributed by atoms with Crippen molar-refractivity contribution in [3.05, 3.63) is 35.1 Å². The number of hydrogen-bond donors (Lipinski definition) is 1. The summed E-state index contributed by atoms with van der Waals surface area (Å²) in [5, 5.41) is 0. The summed E-state index contributed by atoms with van der Waals surface area (Å²) in [6.07, 6.45) is 9.06. The monoisotopic (exact) mass is 205 g/mol. The molecule has 0 spiro atoms. The fraction of sp³-hybridized carbons (Fsp3) is 0.333. The van der Waals surface area contributed by atoms with Gasteiger partial charge in [0.25, 0.3) is 0 Å². The zero-order valence-electron chi connectivity index (χ0n) is 9.86. The number of aliphatic imine (C=N–C) groups is 2. The molecule has 3 heteroatoms. The van der Waals surface area contributed by atoms with Gasteiger partial charge in [-0.2, -0.15) is 0 Å². The highest BCUT2D eigenvalue weighted by Crippen LogP contribution is 2.12. The molecular formula is C12H19N3. The predicted molar refractivity (Wildman–Crippen MR) is 68.6 cm³/mol. The van der Waals surface area contributed by atoms with Crippen LogP contribution in [0.4, 0.5) is 0 Å². The molecule has 0 aromatic rings. The third-order valence-electron chi connectivity index (χ3n) is 1.93. The SMILES string of the molecule is C/C=C/C(C=NC)=C(/C)C(C=NC)=CN. The zero-order valence-corrected chi connectivity index (χ0v) is 9.86. The second-order valence-electron chi connectivity index (χ2n) is 2.98. The van der Waals surface area contributed by atoms with Gasteiger partial charge in [-0.05, 0) is 25.0 Å². The van der Waals surface area contributed by atoms with Gasteiger partial charge in [-0.1, -0.05) is 12.2 Å². The highest BCUT2D eigenvalue weighted by Gasteiger charge is 2.00. The number of nitrogens with zero attached hydrogens (tertiary/aromatic N) is 2. The molecule has 0 saturated heterocycles. The van der Waals surface area contributed by atoms with Crippen LogP contribution in [0.5, 0.6) is 0 Å². The van der Waals surface area contributed by atoms with Crippen LogP contribution >= 0.6 is 0 Å². The van der Waals surface area contributed by atoms with E-state index in [2.05, 4.69) is 9.98 Å². The molecule has 0 radical (unpaired) electrons. The molecular weight excluding hydrogens is 186 g/mol. The van der Waals surface area contributed by atoms with Crippen molar-refractivity contribution in [2.24, 2.45) is 15.7 Å². The maximum Gasteiger partial charge on any atom is 0.0298 e. The van der Waals surface area contributed by atoms with E-state index in [1.807, 2.05) is 32.2 Å². The third-order valence-corrected chi connectivity index (χ3v) is 1.93. The van der Waals surface area contributed by atoms with Gasteiger partial charge in [0.1, 0.15) is 0 Å². The Hall–Kier alpha value is -1.64. The molecule has 82 valence electrons. The van der Waals surface area contributed by atoms with Crippen molar-refractivity contribution in [1.29, 1.82) is 0 Å². The number of nitrogens with two attached hydrogens (primary N) is 1. The smallest absolute Gasteiger partial charge is 0.0298 e. The molecule has 0 atom stereocenters. The van der Waals surface area contributed by atoms with Gasteiger partial charge in [-0.3, -0.25) is 9.98 Å². The molecule has 15 heavy (non-hydrogen) atoms. The second kappa shape index (κ2) is 7.74. The molecule has 0 amide bonds. The summed E-state index contributed by atoms with van der Waals surface area (Å²) < 4.78 is 0. The minimum absolute atomic E-state index is 0.908. The summed E-state index contributed by atoms with van der Waals surface area (Å²) in [6.45, 7) is 3.97. The van der Waals surface area contributed by atoms with Crippen LogP contribution in [0.1, 0.15) is 13.8 Å². The van der Waals surface area contributed by atoms with E-state index in [0.29, 0.717) is 0 Å². The van der Waals surface area contributed by atoms with Crippen molar-refractivity contribution in [3.63, 3.8) is 0 Å². The van der Waals surface area contributed by atoms with Crippen molar-refractivity contribution in [1.82, 2.24) is 0 Å². The third kappa shape index (κ3) is 4.40. The predicted octanol–water partition coefficient (Wildman–Crippen LogP) is 2.12. The lowest BCUT2D eigenvalue weighted by atomic mass is 10.0. The van der Waals surface area contributed by atoms with Crippen LogP contribution in [0, 0.1) is 0 Å². The van der Waals surface area contributed by atoms with Crippen LogP contribution in [-0.4, -0.2) is 26.5 Å². The largest absolute Gasteiger partial charge is 0.404 e. The molecule has 2 N–H and O–H groups in total. The topological polar surface area (TPSA) is 50.7 Å². The lowest BCUT2D eigenvalue weighted by Gasteiger charge is -2.04. The first kappa shape index (κ1) is 13.4. The van der Waals surface area contributed by atoms with Gasteiger partial charge < -0.3 is 5.73 Å². The fourth-order valence-corrected chi connectivity index (χ4v) is 1.15. The normalized spacial score (nSPS) is 15.6. The molecule has 0 rings (SSSR count). The van der Waals surface area contributed by atoms with Crippen molar-refractivity contribution >= 4 is 12.4 Å². The Bertz CT molecular complexity index is 317. The molecule has 0 bridgehead atoms. The Labute approximate surface area is 91.8 Å². The Balaban J connectivity index is 5.33. The minimum atomic E-state index is 0.908. The molecule has 0 aromatic carbocycles. The van der Waals surface area contributed by atoms with Crippen molar-refractivity contribution in [2.75, 3.05) is 14.1 Å². The summed E-state index contributed by atoms with van der Waals surface area (Å²) in [5.41, 5.74) is 8.54. The maximum atomic E-state index is 5.53. The Morgan fingerprint density at radius 1 is 1.13 bits per heavy atom. The van der Waals surface area contributed by atoms with E-state index in [1.54, 1.807) is 26.5 Å². The Kier molecular flexibility index (Phi) is 6.89. The lowest BCUT2D eigenvalue weighted by molar-refractivity contribution is 1.36. The first-order valence-corrected chi connectivity index (χ1v) is 4.81. The van der Waals surface area contributed by atoms with E-state index in [-0.39, 0.29) is 0 Å². The highest BCUT2D eigenvalue weighted by molar-refractivity contribution is 5.91. The van der Waals surface area contributed by atoms with Crippen LogP contribution in [-0.2, 0) is 0 Å². The summed E-state index contributed by atoms with van der Waals surface area (Å²) in [6, 6.07) is 0. The van der Waals surface area contributed by atoms with Crippen molar-refractivity contribution < 1.29 is 0 Å². The van der Waals surface area contributed by atoms with Crippen LogP contribution in [0.3, 0.4) is 0 Å². The van der Waals surface area contributed by atoms with E-state index >= 15 is 0 Å². The van der Waals surface area contributed by atoms with Gasteiger partial charge in [0, 0.05) is 38.3 Å². The van der Waals surface area contributed by atoms with Crippen LogP contribution in [0.25, 0.3) is 0 Å². The lowest BCUT2D eigenvalue weighted by Crippen LogP contribution is -1.97. The van der Waals surface area contributed by atoms with E-state index in [1.165, 1.54) is 0 Å². The van der Waals surface area contributed by atoms with Crippen molar-refractivity contribution in [3.8, 4) is 0 Å². The number of hydrogen-bond acceptors (Lipinski definition) is 3. The number of allylic oxidation sites excluding steroid dienone is 5. The minimum Gasteiger partial charge on any atom is -0.404 e. The first-order chi connectivity index (χ1) is 7.21. The molecule has 0 unspecified atom stereocenters. The summed E-state index contributed by atoms with van der Waals surface area (Å²) >= 11 is 0. The molecule has 3 nitrogen and oxygen atoms in total. The maximum absolute atomic E-state index is 5.53. The summed E-state index contributed by atoms with van der Waals surface area (Å²) in [5.74, 6) is 0. The van der Waals surface area contributed by atoms with Crippen LogP contribution in [0.2, 0.25) is 0 Å². The van der Waals surface area contributed by atoms with E-state index in [0.717, 1.165) is 16.7 Å². The zero-order chi connectivity index (χ0) is 11.7. The van der Waals surface area contributed by atoms with Crippen LogP contribution < -0.4 is 5.73 Å². The van der Waals surface area contributed by atoms with Gasteiger partial charge in [0.2, 0.25) is 0 Å². The van der Waals surface area contributed by atoms with Gasteiger partial charge in [0.15, 0.2) is 0 Å². The van der Waals surface area contributed by atoms with Crippen molar-refractivity contribution in [2.45, 2.75) is 13.8 Å². The molecule has 0 aliphatic rings. The molecule has 0 aliphatic heterocycles. The second-order valence-corrected chi connectivity index (χ2v) is 2.98. The fourth-order valence-electron chi connectivity index (χ4n) is 1.15. The molecule has 0 aliphatic carbocycles. The Morgan fingerprint density at radius 2 is 1.73 bits per heavy atom. The van der Waals surface area contributed by atoms with E-state index in [4.69, 9.17) is 5.73 Å². The molecule has 0 heterocycles. The van der Waals surface area contributed by atoms with Gasteiger partial charge in [-0.15, -0.1) is 0 Å². The van der Waals surface area contributed by atoms with Gasteiger partial charge in [0.05, 0.1) is 0 Å². The average molecular weight is 205 g/mol. The standard InChI is InChI=1S/C12H19N3/c1-5-6-11(8-14-3)10(2)12(7-13)9-15-4/h5-9H,13H2,1-4H3/b6-5+,11-10+,12-7?,14-8?,15-9?. The first-order valence-electron chi connectivity index (χ1n) is 4.81. The van der Waals surface area contributed by atoms with Gasteiger partial charge >= 0.3 is 0 Å². The molecule has 0 saturated carbocycles. The molecule has 0 fully saturated rings. The number of rotatable bonds is 4. The summed E-state index contributed by atoms with van der Waals surface area (Å²) in [7, 11) is 3.47. The van der Waals surface area contributed by atoms with Gasteiger partial charge in [-0.25, -0.2) is 0 Å². The summed E-state index contributed by atoms with van der Waals surface area (Å²) in [4.78, 5) is 7.96. The van der Waals surface area contributed by atoms with E-state index in [9.17, 15) is 0 Å². The Morgan fingerprint density at radius 3 is 2.13 bits per heavy atom.